The molecule has 0 bridgehead atoms. The molecule has 0 aliphatic heterocycles. The summed E-state index contributed by atoms with van der Waals surface area (Å²) in [6.45, 7) is 2.02. The van der Waals surface area contributed by atoms with Crippen molar-refractivity contribution in [3.63, 3.8) is 0 Å². The number of sulfone groups is 1. The molecule has 4 heteroatoms. The van der Waals surface area contributed by atoms with Crippen molar-refractivity contribution >= 4 is 20.7 Å². The minimum atomic E-state index is -3.35. The molecule has 0 atom stereocenters. The zero-order valence-electron chi connectivity index (χ0n) is 11.7. The Labute approximate surface area is 124 Å². The van der Waals surface area contributed by atoms with Crippen molar-refractivity contribution in [1.82, 2.24) is 4.98 Å². The lowest BCUT2D eigenvalue weighted by atomic mass is 10.1. The third kappa shape index (κ3) is 2.95. The van der Waals surface area contributed by atoms with Crippen molar-refractivity contribution in [1.29, 1.82) is 0 Å². The fraction of sp³-hybridized carbons (Fsp3) is 0.118. The molecule has 0 saturated heterocycles. The summed E-state index contributed by atoms with van der Waals surface area (Å²) >= 11 is 0. The molecule has 0 fully saturated rings. The molecule has 1 aromatic heterocycles. The molecule has 0 saturated carbocycles. The number of rotatable bonds is 3. The zero-order valence-corrected chi connectivity index (χ0v) is 12.5. The summed E-state index contributed by atoms with van der Waals surface area (Å²) in [5, 5.41) is 1.02. The van der Waals surface area contributed by atoms with Gasteiger partial charge in [0.15, 0.2) is 9.84 Å². The van der Waals surface area contributed by atoms with Gasteiger partial charge in [0.1, 0.15) is 0 Å². The van der Waals surface area contributed by atoms with E-state index in [0.717, 1.165) is 16.5 Å². The highest BCUT2D eigenvalue weighted by Crippen LogP contribution is 2.18. The van der Waals surface area contributed by atoms with Crippen LogP contribution < -0.4 is 0 Å². The van der Waals surface area contributed by atoms with Gasteiger partial charge < -0.3 is 0 Å². The molecule has 0 unspecified atom stereocenters. The number of aromatic nitrogens is 1. The van der Waals surface area contributed by atoms with Gasteiger partial charge in [0, 0.05) is 5.39 Å². The fourth-order valence-corrected chi connectivity index (χ4v) is 3.56. The highest BCUT2D eigenvalue weighted by molar-refractivity contribution is 7.90. The third-order valence-electron chi connectivity index (χ3n) is 3.34. The zero-order chi connectivity index (χ0) is 14.9. The Bertz CT molecular complexity index is 887. The first-order valence-corrected chi connectivity index (χ1v) is 8.34. The molecular formula is C17H15NO2S. The van der Waals surface area contributed by atoms with E-state index >= 15 is 0 Å². The van der Waals surface area contributed by atoms with Crippen molar-refractivity contribution in [2.45, 2.75) is 17.6 Å². The van der Waals surface area contributed by atoms with Crippen LogP contribution in [0.2, 0.25) is 0 Å². The highest BCUT2D eigenvalue weighted by Gasteiger charge is 2.15. The van der Waals surface area contributed by atoms with E-state index in [9.17, 15) is 8.42 Å². The molecule has 21 heavy (non-hydrogen) atoms. The molecular weight excluding hydrogens is 282 g/mol. The summed E-state index contributed by atoms with van der Waals surface area (Å²) < 4.78 is 24.7. The SMILES string of the molecule is Cc1ccc2nc(CS(=O)(=O)c3ccccc3)ccc2c1. The van der Waals surface area contributed by atoms with Crippen LogP contribution >= 0.6 is 0 Å². The lowest BCUT2D eigenvalue weighted by Gasteiger charge is -2.06. The van der Waals surface area contributed by atoms with Crippen LogP contribution in [0.1, 0.15) is 11.3 Å². The van der Waals surface area contributed by atoms with Gasteiger partial charge in [-0.1, -0.05) is 35.9 Å². The molecule has 0 radical (unpaired) electrons. The second-order valence-corrected chi connectivity index (χ2v) is 7.06. The van der Waals surface area contributed by atoms with Gasteiger partial charge in [0.05, 0.1) is 21.9 Å². The van der Waals surface area contributed by atoms with E-state index in [1.54, 1.807) is 36.4 Å². The normalized spacial score (nSPS) is 11.7. The average Bonchev–Trinajstić information content (AvgIpc) is 2.48. The number of nitrogens with zero attached hydrogens (tertiary/aromatic N) is 1. The summed E-state index contributed by atoms with van der Waals surface area (Å²) in [5.41, 5.74) is 2.55. The predicted octanol–water partition coefficient (Wildman–Crippen LogP) is 3.52. The van der Waals surface area contributed by atoms with Crippen molar-refractivity contribution in [2.75, 3.05) is 0 Å². The third-order valence-corrected chi connectivity index (χ3v) is 5.01. The summed E-state index contributed by atoms with van der Waals surface area (Å²) in [6, 6.07) is 18.1. The first kappa shape index (κ1) is 13.8. The maximum atomic E-state index is 12.4. The Morgan fingerprint density at radius 1 is 0.952 bits per heavy atom. The van der Waals surface area contributed by atoms with E-state index in [-0.39, 0.29) is 5.75 Å². The molecule has 0 aliphatic carbocycles. The Kier molecular flexibility index (Phi) is 3.47. The molecule has 0 aliphatic rings. The Morgan fingerprint density at radius 2 is 1.71 bits per heavy atom. The quantitative estimate of drug-likeness (QED) is 0.743. The maximum absolute atomic E-state index is 12.4. The number of aryl methyl sites for hydroxylation is 1. The molecule has 0 N–H and O–H groups in total. The van der Waals surface area contributed by atoms with E-state index in [1.807, 2.05) is 31.2 Å². The smallest absolute Gasteiger partial charge is 0.184 e. The van der Waals surface area contributed by atoms with Crippen molar-refractivity contribution in [3.05, 3.63) is 71.9 Å². The van der Waals surface area contributed by atoms with Crippen LogP contribution in [0.3, 0.4) is 0 Å². The van der Waals surface area contributed by atoms with Crippen molar-refractivity contribution in [3.8, 4) is 0 Å². The van der Waals surface area contributed by atoms with Gasteiger partial charge in [-0.2, -0.15) is 0 Å². The number of hydrogen-bond donors (Lipinski definition) is 0. The Hall–Kier alpha value is -2.20. The Balaban J connectivity index is 1.97. The van der Waals surface area contributed by atoms with Gasteiger partial charge in [-0.3, -0.25) is 4.98 Å². The van der Waals surface area contributed by atoms with Gasteiger partial charge >= 0.3 is 0 Å². The minimum Gasteiger partial charge on any atom is -0.252 e. The van der Waals surface area contributed by atoms with Gasteiger partial charge in [0.2, 0.25) is 0 Å². The predicted molar refractivity (Wildman–Crippen MR) is 83.8 cm³/mol. The number of pyridine rings is 1. The van der Waals surface area contributed by atoms with E-state index in [4.69, 9.17) is 0 Å². The van der Waals surface area contributed by atoms with Gasteiger partial charge in [0.25, 0.3) is 0 Å². The van der Waals surface area contributed by atoms with Gasteiger partial charge in [-0.05, 0) is 37.3 Å². The van der Waals surface area contributed by atoms with Crippen LogP contribution in [0, 0.1) is 6.92 Å². The first-order chi connectivity index (χ1) is 10.0. The van der Waals surface area contributed by atoms with E-state index in [0.29, 0.717) is 10.6 Å². The van der Waals surface area contributed by atoms with Crippen LogP contribution in [0.4, 0.5) is 0 Å². The molecule has 0 spiro atoms. The summed E-state index contributed by atoms with van der Waals surface area (Å²) in [7, 11) is -3.35. The molecule has 3 nitrogen and oxygen atoms in total. The standard InChI is InChI=1S/C17H15NO2S/c1-13-7-10-17-14(11-13)8-9-15(18-17)12-21(19,20)16-5-3-2-4-6-16/h2-11H,12H2,1H3. The maximum Gasteiger partial charge on any atom is 0.184 e. The summed E-state index contributed by atoms with van der Waals surface area (Å²) in [6.07, 6.45) is 0. The molecule has 0 amide bonds. The second kappa shape index (κ2) is 5.30. The monoisotopic (exact) mass is 297 g/mol. The lowest BCUT2D eigenvalue weighted by Crippen LogP contribution is -2.06. The lowest BCUT2D eigenvalue weighted by molar-refractivity contribution is 0.594. The van der Waals surface area contributed by atoms with Gasteiger partial charge in [-0.25, -0.2) is 8.42 Å². The number of fused-ring (bicyclic) bond motifs is 1. The molecule has 106 valence electrons. The first-order valence-electron chi connectivity index (χ1n) is 6.69. The van der Waals surface area contributed by atoms with Crippen LogP contribution in [0.15, 0.2) is 65.6 Å². The summed E-state index contributed by atoms with van der Waals surface area (Å²) in [4.78, 5) is 4.78. The molecule has 2 aromatic carbocycles. The van der Waals surface area contributed by atoms with Crippen molar-refractivity contribution < 1.29 is 8.42 Å². The van der Waals surface area contributed by atoms with Crippen LogP contribution in [0.25, 0.3) is 10.9 Å². The second-order valence-electron chi connectivity index (χ2n) is 5.07. The molecule has 1 heterocycles. The number of hydrogen-bond acceptors (Lipinski definition) is 3. The Morgan fingerprint density at radius 3 is 2.48 bits per heavy atom. The molecule has 3 rings (SSSR count). The summed E-state index contributed by atoms with van der Waals surface area (Å²) in [5.74, 6) is -0.0825. The van der Waals surface area contributed by atoms with Crippen LogP contribution in [0.5, 0.6) is 0 Å². The largest absolute Gasteiger partial charge is 0.252 e. The van der Waals surface area contributed by atoms with E-state index in [1.165, 1.54) is 0 Å². The minimum absolute atomic E-state index is 0.0825. The van der Waals surface area contributed by atoms with Crippen LogP contribution in [-0.4, -0.2) is 13.4 Å². The fourth-order valence-electron chi connectivity index (χ4n) is 2.27. The van der Waals surface area contributed by atoms with Crippen LogP contribution in [-0.2, 0) is 15.6 Å². The van der Waals surface area contributed by atoms with Gasteiger partial charge in [-0.15, -0.1) is 0 Å². The topological polar surface area (TPSA) is 47.0 Å². The van der Waals surface area contributed by atoms with E-state index < -0.39 is 9.84 Å². The highest BCUT2D eigenvalue weighted by atomic mass is 32.2. The number of benzene rings is 2. The average molecular weight is 297 g/mol. The molecule has 3 aromatic rings. The van der Waals surface area contributed by atoms with E-state index in [2.05, 4.69) is 4.98 Å². The van der Waals surface area contributed by atoms with Crippen molar-refractivity contribution in [2.24, 2.45) is 0 Å².